The normalized spacial score (nSPS) is 10.1. The molecule has 0 aliphatic rings. The zero-order valence-electron chi connectivity index (χ0n) is 14.7. The quantitative estimate of drug-likeness (QED) is 0.518. The summed E-state index contributed by atoms with van der Waals surface area (Å²) in [4.78, 5) is 8.66. The number of unbranched alkanes of at least 4 members (excludes halogenated alkanes) is 3. The lowest BCUT2D eigenvalue weighted by molar-refractivity contribution is 0.309. The minimum absolute atomic E-state index is 0.567. The number of aromatic nitrogens is 2. The van der Waals surface area contributed by atoms with E-state index >= 15 is 0 Å². The third kappa shape index (κ3) is 6.42. The Balaban J connectivity index is 1.89. The van der Waals surface area contributed by atoms with Crippen molar-refractivity contribution in [2.75, 3.05) is 6.61 Å². The summed E-state index contributed by atoms with van der Waals surface area (Å²) in [5, 5.41) is 0. The summed E-state index contributed by atoms with van der Waals surface area (Å²) in [7, 11) is 0. The highest BCUT2D eigenvalue weighted by molar-refractivity contribution is 5.40. The Kier molecular flexibility index (Phi) is 7.83. The molecule has 0 saturated carbocycles. The second kappa shape index (κ2) is 10.4. The van der Waals surface area contributed by atoms with Crippen molar-refractivity contribution in [2.24, 2.45) is 0 Å². The molecule has 0 fully saturated rings. The van der Waals surface area contributed by atoms with Crippen LogP contribution in [-0.4, -0.2) is 16.6 Å². The van der Waals surface area contributed by atoms with Gasteiger partial charge in [-0.05, 0) is 55.0 Å². The largest absolute Gasteiger partial charge is 0.494 e. The Morgan fingerprint density at radius 3 is 2.25 bits per heavy atom. The zero-order chi connectivity index (χ0) is 17.0. The fourth-order valence-electron chi connectivity index (χ4n) is 2.22. The fraction of sp³-hybridized carbons (Fsp3) is 0.429. The van der Waals surface area contributed by atoms with E-state index in [1.54, 1.807) is 0 Å². The number of aryl methyl sites for hydroxylation is 1. The standard InChI is InChI=1S/C21H26N2O/c1-3-5-7-8-19-16-22-21(23-17-19)14-11-18-9-12-20(13-10-18)24-15-6-4-2/h9-10,12-13,16-17H,3-8,15H2,1-2H3. The van der Waals surface area contributed by atoms with Crippen LogP contribution in [0.5, 0.6) is 5.75 Å². The Bertz CT molecular complexity index is 593. The van der Waals surface area contributed by atoms with Gasteiger partial charge in [-0.3, -0.25) is 0 Å². The molecule has 2 rings (SSSR count). The first kappa shape index (κ1) is 18.0. The van der Waals surface area contributed by atoms with E-state index < -0.39 is 0 Å². The zero-order valence-corrected chi connectivity index (χ0v) is 14.7. The van der Waals surface area contributed by atoms with Gasteiger partial charge in [0.05, 0.1) is 6.61 Å². The van der Waals surface area contributed by atoms with Crippen LogP contribution < -0.4 is 4.74 Å². The minimum atomic E-state index is 0.567. The maximum Gasteiger partial charge on any atom is 0.205 e. The molecule has 126 valence electrons. The van der Waals surface area contributed by atoms with Crippen molar-refractivity contribution in [1.82, 2.24) is 9.97 Å². The van der Waals surface area contributed by atoms with Gasteiger partial charge in [0, 0.05) is 18.0 Å². The number of rotatable bonds is 8. The third-order valence-electron chi connectivity index (χ3n) is 3.71. The number of hydrogen-bond donors (Lipinski definition) is 0. The van der Waals surface area contributed by atoms with Gasteiger partial charge < -0.3 is 4.74 Å². The summed E-state index contributed by atoms with van der Waals surface area (Å²) in [6, 6.07) is 7.84. The lowest BCUT2D eigenvalue weighted by Gasteiger charge is -2.04. The lowest BCUT2D eigenvalue weighted by Crippen LogP contribution is -1.96. The van der Waals surface area contributed by atoms with Crippen LogP contribution in [0.4, 0.5) is 0 Å². The fourth-order valence-corrected chi connectivity index (χ4v) is 2.22. The number of nitrogens with zero attached hydrogens (tertiary/aromatic N) is 2. The van der Waals surface area contributed by atoms with Crippen LogP contribution in [0, 0.1) is 11.8 Å². The molecule has 0 unspecified atom stereocenters. The first-order valence-electron chi connectivity index (χ1n) is 8.87. The van der Waals surface area contributed by atoms with E-state index in [9.17, 15) is 0 Å². The van der Waals surface area contributed by atoms with Crippen molar-refractivity contribution in [2.45, 2.75) is 52.4 Å². The van der Waals surface area contributed by atoms with Gasteiger partial charge >= 0.3 is 0 Å². The summed E-state index contributed by atoms with van der Waals surface area (Å²) >= 11 is 0. The SMILES string of the molecule is CCCCCc1cnc(C#Cc2ccc(OCCCC)cc2)nc1. The average molecular weight is 322 g/mol. The highest BCUT2D eigenvalue weighted by Crippen LogP contribution is 2.12. The monoisotopic (exact) mass is 322 g/mol. The van der Waals surface area contributed by atoms with Crippen LogP contribution in [0.3, 0.4) is 0 Å². The van der Waals surface area contributed by atoms with E-state index in [1.807, 2.05) is 36.7 Å². The van der Waals surface area contributed by atoms with Crippen molar-refractivity contribution in [3.8, 4) is 17.6 Å². The molecule has 0 bridgehead atoms. The van der Waals surface area contributed by atoms with Crippen LogP contribution in [0.2, 0.25) is 0 Å². The molecule has 24 heavy (non-hydrogen) atoms. The smallest absolute Gasteiger partial charge is 0.205 e. The van der Waals surface area contributed by atoms with Gasteiger partial charge in [0.1, 0.15) is 5.75 Å². The molecular formula is C21H26N2O. The van der Waals surface area contributed by atoms with E-state index in [0.717, 1.165) is 37.2 Å². The van der Waals surface area contributed by atoms with Crippen molar-refractivity contribution in [3.63, 3.8) is 0 Å². The van der Waals surface area contributed by atoms with Crippen molar-refractivity contribution < 1.29 is 4.74 Å². The second-order valence-corrected chi connectivity index (χ2v) is 5.85. The first-order valence-corrected chi connectivity index (χ1v) is 8.87. The Morgan fingerprint density at radius 1 is 0.875 bits per heavy atom. The molecule has 0 aliphatic carbocycles. The van der Waals surface area contributed by atoms with E-state index in [2.05, 4.69) is 35.7 Å². The highest BCUT2D eigenvalue weighted by Gasteiger charge is 1.96. The van der Waals surface area contributed by atoms with E-state index in [0.29, 0.717) is 5.82 Å². The Morgan fingerprint density at radius 2 is 1.58 bits per heavy atom. The highest BCUT2D eigenvalue weighted by atomic mass is 16.5. The molecule has 0 saturated heterocycles. The third-order valence-corrected chi connectivity index (χ3v) is 3.71. The molecule has 0 atom stereocenters. The van der Waals surface area contributed by atoms with Gasteiger partial charge in [0.15, 0.2) is 0 Å². The number of hydrogen-bond acceptors (Lipinski definition) is 3. The van der Waals surface area contributed by atoms with Gasteiger partial charge in [-0.25, -0.2) is 9.97 Å². The summed E-state index contributed by atoms with van der Waals surface area (Å²) < 4.78 is 5.64. The van der Waals surface area contributed by atoms with Crippen molar-refractivity contribution in [1.29, 1.82) is 0 Å². The molecule has 1 aromatic carbocycles. The molecule has 1 heterocycles. The van der Waals surface area contributed by atoms with Gasteiger partial charge in [0.2, 0.25) is 5.82 Å². The summed E-state index contributed by atoms with van der Waals surface area (Å²) in [6.45, 7) is 5.13. The molecule has 1 aromatic heterocycles. The van der Waals surface area contributed by atoms with Crippen molar-refractivity contribution >= 4 is 0 Å². The summed E-state index contributed by atoms with van der Waals surface area (Å²) in [6.07, 6.45) is 10.7. The first-order chi connectivity index (χ1) is 11.8. The minimum Gasteiger partial charge on any atom is -0.494 e. The predicted octanol–water partition coefficient (Wildman–Crippen LogP) is 4.79. The Labute approximate surface area is 145 Å². The molecule has 2 aromatic rings. The summed E-state index contributed by atoms with van der Waals surface area (Å²) in [5.74, 6) is 7.57. The van der Waals surface area contributed by atoms with Gasteiger partial charge in [-0.2, -0.15) is 0 Å². The molecule has 3 nitrogen and oxygen atoms in total. The van der Waals surface area contributed by atoms with Crippen LogP contribution >= 0.6 is 0 Å². The molecule has 0 N–H and O–H groups in total. The topological polar surface area (TPSA) is 35.0 Å². The predicted molar refractivity (Wildman–Crippen MR) is 98.1 cm³/mol. The van der Waals surface area contributed by atoms with E-state index in [1.165, 1.54) is 24.8 Å². The van der Waals surface area contributed by atoms with Crippen LogP contribution in [0.1, 0.15) is 62.9 Å². The van der Waals surface area contributed by atoms with E-state index in [4.69, 9.17) is 4.74 Å². The van der Waals surface area contributed by atoms with Gasteiger partial charge in [-0.1, -0.05) is 39.0 Å². The van der Waals surface area contributed by atoms with Gasteiger partial charge in [0.25, 0.3) is 0 Å². The lowest BCUT2D eigenvalue weighted by atomic mass is 10.1. The van der Waals surface area contributed by atoms with Crippen LogP contribution in [0.25, 0.3) is 0 Å². The maximum atomic E-state index is 5.64. The van der Waals surface area contributed by atoms with Crippen LogP contribution in [-0.2, 0) is 6.42 Å². The maximum absolute atomic E-state index is 5.64. The van der Waals surface area contributed by atoms with Gasteiger partial charge in [-0.15, -0.1) is 0 Å². The Hall–Kier alpha value is -2.34. The second-order valence-electron chi connectivity index (χ2n) is 5.85. The number of benzene rings is 1. The molecule has 0 spiro atoms. The number of ether oxygens (including phenoxy) is 1. The molecule has 0 radical (unpaired) electrons. The van der Waals surface area contributed by atoms with Crippen molar-refractivity contribution in [3.05, 3.63) is 53.6 Å². The molecule has 3 heteroatoms. The molecular weight excluding hydrogens is 296 g/mol. The molecule has 0 amide bonds. The van der Waals surface area contributed by atoms with E-state index in [-0.39, 0.29) is 0 Å². The average Bonchev–Trinajstić information content (AvgIpc) is 2.63. The van der Waals surface area contributed by atoms with Crippen LogP contribution in [0.15, 0.2) is 36.7 Å². The molecule has 0 aliphatic heterocycles. The summed E-state index contributed by atoms with van der Waals surface area (Å²) in [5.41, 5.74) is 2.12.